The van der Waals surface area contributed by atoms with Gasteiger partial charge in [-0.05, 0) is 49.9 Å². The zero-order valence-corrected chi connectivity index (χ0v) is 19.4. The fraction of sp³-hybridized carbons (Fsp3) is 0.462. The van der Waals surface area contributed by atoms with Crippen LogP contribution in [-0.2, 0) is 24.3 Å². The summed E-state index contributed by atoms with van der Waals surface area (Å²) in [5.74, 6) is 0.0284. The molecule has 170 valence electrons. The number of nitrogens with zero attached hydrogens (tertiary/aromatic N) is 3. The lowest BCUT2D eigenvalue weighted by Gasteiger charge is -2.36. The Morgan fingerprint density at radius 3 is 2.22 bits per heavy atom. The van der Waals surface area contributed by atoms with Crippen molar-refractivity contribution in [2.75, 3.05) is 26.2 Å². The highest BCUT2D eigenvalue weighted by Crippen LogP contribution is 2.31. The Kier molecular flexibility index (Phi) is 6.35. The molecule has 0 radical (unpaired) electrons. The number of carbonyl (C=O) groups excluding carboxylic acids is 2. The Bertz CT molecular complexity index is 975. The number of carbonyl (C=O) groups is 2. The Hall–Kier alpha value is -2.70. The van der Waals surface area contributed by atoms with Gasteiger partial charge in [0.05, 0.1) is 6.04 Å². The van der Waals surface area contributed by atoms with Crippen molar-refractivity contribution in [3.05, 3.63) is 70.8 Å². The second-order valence-corrected chi connectivity index (χ2v) is 9.88. The topological polar surface area (TPSA) is 69.9 Å². The van der Waals surface area contributed by atoms with Crippen LogP contribution in [-0.4, -0.2) is 64.3 Å². The molecule has 6 heteroatoms. The molecule has 2 amide bonds. The lowest BCUT2D eigenvalue weighted by Crippen LogP contribution is -2.54. The predicted molar refractivity (Wildman–Crippen MR) is 126 cm³/mol. The fourth-order valence-corrected chi connectivity index (χ4v) is 4.59. The predicted octanol–water partition coefficient (Wildman–Crippen LogP) is 2.66. The molecule has 0 bridgehead atoms. The van der Waals surface area contributed by atoms with Crippen LogP contribution in [0, 0.1) is 0 Å². The van der Waals surface area contributed by atoms with Gasteiger partial charge >= 0.3 is 0 Å². The second-order valence-electron chi connectivity index (χ2n) is 9.88. The molecule has 0 saturated carbocycles. The van der Waals surface area contributed by atoms with Crippen molar-refractivity contribution < 1.29 is 9.59 Å². The molecule has 1 atom stereocenters. The third-order valence-corrected chi connectivity index (χ3v) is 6.66. The molecule has 2 aliphatic rings. The molecule has 0 spiro atoms. The average Bonchev–Trinajstić information content (AvgIpc) is 3.24. The average molecular weight is 435 g/mol. The van der Waals surface area contributed by atoms with Gasteiger partial charge in [-0.2, -0.15) is 0 Å². The van der Waals surface area contributed by atoms with Crippen LogP contribution in [0.25, 0.3) is 0 Å². The molecule has 2 aromatic carbocycles. The smallest absolute Gasteiger partial charge is 0.254 e. The maximum Gasteiger partial charge on any atom is 0.254 e. The van der Waals surface area contributed by atoms with Gasteiger partial charge in [0.1, 0.15) is 0 Å². The number of amides is 2. The van der Waals surface area contributed by atoms with E-state index in [1.807, 2.05) is 47.4 Å². The van der Waals surface area contributed by atoms with Gasteiger partial charge in [-0.15, -0.1) is 0 Å². The van der Waals surface area contributed by atoms with Gasteiger partial charge in [0.25, 0.3) is 5.91 Å². The number of benzene rings is 2. The summed E-state index contributed by atoms with van der Waals surface area (Å²) in [4.78, 5) is 32.2. The largest absolute Gasteiger partial charge is 0.338 e. The monoisotopic (exact) mass is 434 g/mol. The van der Waals surface area contributed by atoms with Crippen molar-refractivity contribution in [2.45, 2.75) is 51.9 Å². The molecule has 1 fully saturated rings. The summed E-state index contributed by atoms with van der Waals surface area (Å²) in [5, 5.41) is 0. The van der Waals surface area contributed by atoms with E-state index >= 15 is 0 Å². The summed E-state index contributed by atoms with van der Waals surface area (Å²) in [6, 6.07) is 15.3. The lowest BCUT2D eigenvalue weighted by atomic mass is 10.0. The van der Waals surface area contributed by atoms with E-state index in [4.69, 9.17) is 5.73 Å². The van der Waals surface area contributed by atoms with Crippen molar-refractivity contribution >= 4 is 11.8 Å². The Morgan fingerprint density at radius 1 is 0.906 bits per heavy atom. The van der Waals surface area contributed by atoms with Gasteiger partial charge < -0.3 is 15.5 Å². The van der Waals surface area contributed by atoms with Gasteiger partial charge in [-0.25, -0.2) is 0 Å². The van der Waals surface area contributed by atoms with Crippen LogP contribution in [0.1, 0.15) is 47.8 Å². The first-order chi connectivity index (χ1) is 15.2. The van der Waals surface area contributed by atoms with E-state index in [9.17, 15) is 9.59 Å². The van der Waals surface area contributed by atoms with Crippen LogP contribution >= 0.6 is 0 Å². The van der Waals surface area contributed by atoms with Crippen LogP contribution in [0.5, 0.6) is 0 Å². The minimum absolute atomic E-state index is 0.0395. The van der Waals surface area contributed by atoms with Crippen molar-refractivity contribution in [1.82, 2.24) is 14.7 Å². The number of nitrogens with two attached hydrogens (primary N) is 1. The van der Waals surface area contributed by atoms with E-state index in [-0.39, 0.29) is 17.4 Å². The quantitative estimate of drug-likeness (QED) is 0.803. The van der Waals surface area contributed by atoms with Gasteiger partial charge in [-0.3, -0.25) is 14.5 Å². The standard InChI is InChI=1S/C26H34N4O2/c1-26(2,3)30-17-20-10-7-11-21(22(20)18-30)24(31)28-12-14-29(15-13-28)25(32)23(27)16-19-8-5-4-6-9-19/h4-11,23H,12-18,27H2,1-3H3. The Labute approximate surface area is 191 Å². The van der Waals surface area contributed by atoms with Gasteiger partial charge in [0.15, 0.2) is 0 Å². The Balaban J connectivity index is 1.37. The van der Waals surface area contributed by atoms with E-state index in [2.05, 4.69) is 31.7 Å². The highest BCUT2D eigenvalue weighted by atomic mass is 16.2. The number of hydrogen-bond acceptors (Lipinski definition) is 4. The molecule has 0 aromatic heterocycles. The van der Waals surface area contributed by atoms with E-state index < -0.39 is 6.04 Å². The Morgan fingerprint density at radius 2 is 1.56 bits per heavy atom. The molecule has 32 heavy (non-hydrogen) atoms. The molecular formula is C26H34N4O2. The summed E-state index contributed by atoms with van der Waals surface area (Å²) >= 11 is 0. The highest BCUT2D eigenvalue weighted by molar-refractivity contribution is 5.96. The molecule has 2 aromatic rings. The van der Waals surface area contributed by atoms with Crippen LogP contribution in [0.2, 0.25) is 0 Å². The van der Waals surface area contributed by atoms with Crippen LogP contribution in [0.3, 0.4) is 0 Å². The highest BCUT2D eigenvalue weighted by Gasteiger charge is 2.33. The molecule has 1 unspecified atom stereocenters. The second kappa shape index (κ2) is 9.04. The normalized spacial score (nSPS) is 17.9. The van der Waals surface area contributed by atoms with Crippen LogP contribution < -0.4 is 5.73 Å². The first-order valence-corrected chi connectivity index (χ1v) is 11.5. The zero-order valence-electron chi connectivity index (χ0n) is 19.4. The van der Waals surface area contributed by atoms with Gasteiger partial charge in [0, 0.05) is 50.4 Å². The van der Waals surface area contributed by atoms with Crippen LogP contribution in [0.15, 0.2) is 48.5 Å². The maximum absolute atomic E-state index is 13.3. The third-order valence-electron chi connectivity index (χ3n) is 6.66. The lowest BCUT2D eigenvalue weighted by molar-refractivity contribution is -0.134. The molecular weight excluding hydrogens is 400 g/mol. The molecule has 4 rings (SSSR count). The van der Waals surface area contributed by atoms with Crippen molar-refractivity contribution in [2.24, 2.45) is 5.73 Å². The van der Waals surface area contributed by atoms with Gasteiger partial charge in [-0.1, -0.05) is 42.5 Å². The van der Waals surface area contributed by atoms with Crippen LogP contribution in [0.4, 0.5) is 0 Å². The summed E-state index contributed by atoms with van der Waals surface area (Å²) in [6.45, 7) is 10.4. The number of hydrogen-bond donors (Lipinski definition) is 1. The van der Waals surface area contributed by atoms with E-state index in [1.54, 1.807) is 4.90 Å². The minimum Gasteiger partial charge on any atom is -0.338 e. The first kappa shape index (κ1) is 22.5. The van der Waals surface area contributed by atoms with Gasteiger partial charge in [0.2, 0.25) is 5.91 Å². The molecule has 6 nitrogen and oxygen atoms in total. The van der Waals surface area contributed by atoms with E-state index in [0.29, 0.717) is 32.6 Å². The van der Waals surface area contributed by atoms with Crippen molar-refractivity contribution in [1.29, 1.82) is 0 Å². The molecule has 2 N–H and O–H groups in total. The van der Waals surface area contributed by atoms with Crippen molar-refractivity contribution in [3.63, 3.8) is 0 Å². The number of fused-ring (bicyclic) bond motifs is 1. The van der Waals surface area contributed by atoms with E-state index in [1.165, 1.54) is 5.56 Å². The van der Waals surface area contributed by atoms with E-state index in [0.717, 1.165) is 29.8 Å². The minimum atomic E-state index is -0.555. The zero-order chi connectivity index (χ0) is 22.9. The summed E-state index contributed by atoms with van der Waals surface area (Å²) in [6.07, 6.45) is 0.527. The van der Waals surface area contributed by atoms with Crippen molar-refractivity contribution in [3.8, 4) is 0 Å². The number of piperazine rings is 1. The SMILES string of the molecule is CC(C)(C)N1Cc2cccc(C(=O)N3CCN(C(=O)C(N)Cc4ccccc4)CC3)c2C1. The summed E-state index contributed by atoms with van der Waals surface area (Å²) in [5.41, 5.74) is 10.5. The molecule has 2 aliphatic heterocycles. The maximum atomic E-state index is 13.3. The molecule has 1 saturated heterocycles. The molecule has 2 heterocycles. The third kappa shape index (κ3) is 4.71. The summed E-state index contributed by atoms with van der Waals surface area (Å²) < 4.78 is 0. The first-order valence-electron chi connectivity index (χ1n) is 11.5. The fourth-order valence-electron chi connectivity index (χ4n) is 4.59. The summed E-state index contributed by atoms with van der Waals surface area (Å²) in [7, 11) is 0. The number of rotatable bonds is 4. The molecule has 0 aliphatic carbocycles.